The van der Waals surface area contributed by atoms with Crippen molar-refractivity contribution in [3.63, 3.8) is 0 Å². The molecule has 0 saturated carbocycles. The maximum Gasteiger partial charge on any atom is 0.270 e. The van der Waals surface area contributed by atoms with E-state index in [1.807, 2.05) is 30.3 Å². The molecule has 6 heteroatoms. The van der Waals surface area contributed by atoms with E-state index in [2.05, 4.69) is 33.8 Å². The molecular weight excluding hydrogens is 314 g/mol. The van der Waals surface area contributed by atoms with Gasteiger partial charge in [0, 0.05) is 37.9 Å². The quantitative estimate of drug-likeness (QED) is 0.677. The minimum atomic E-state index is 0. The molecule has 0 fully saturated rings. The number of amides is 1. The molecule has 3 aromatic rings. The highest BCUT2D eigenvalue weighted by molar-refractivity contribution is 5.97. The normalized spacial score (nSPS) is 11.2. The maximum absolute atomic E-state index is 12.8. The molecular formula is C19H27N5O. The summed E-state index contributed by atoms with van der Waals surface area (Å²) in [6, 6.07) is 1.89. The van der Waals surface area contributed by atoms with E-state index in [9.17, 15) is 4.79 Å². The van der Waals surface area contributed by atoms with Crippen molar-refractivity contribution in [2.24, 2.45) is 0 Å². The lowest BCUT2D eigenvalue weighted by atomic mass is 10.1. The predicted octanol–water partition coefficient (Wildman–Crippen LogP) is 4.16. The molecule has 0 aliphatic heterocycles. The Morgan fingerprint density at radius 2 is 2.00 bits per heavy atom. The molecule has 0 aromatic carbocycles. The predicted molar refractivity (Wildman–Crippen MR) is 102 cm³/mol. The Morgan fingerprint density at radius 1 is 1.16 bits per heavy atom. The average Bonchev–Trinajstić information content (AvgIpc) is 3.25. The molecule has 3 heterocycles. The molecule has 25 heavy (non-hydrogen) atoms. The van der Waals surface area contributed by atoms with Crippen LogP contribution in [-0.2, 0) is 0 Å². The molecule has 0 saturated heterocycles. The maximum atomic E-state index is 12.8. The summed E-state index contributed by atoms with van der Waals surface area (Å²) in [6.45, 7) is 7.84. The summed E-state index contributed by atoms with van der Waals surface area (Å²) in [4.78, 5) is 29.7. The van der Waals surface area contributed by atoms with Crippen LogP contribution in [0.2, 0.25) is 0 Å². The topological polar surface area (TPSA) is 77.7 Å². The number of unbranched alkanes of at least 4 members (excludes halogenated alkanes) is 1. The summed E-state index contributed by atoms with van der Waals surface area (Å²) >= 11 is 0. The molecule has 1 amide bonds. The van der Waals surface area contributed by atoms with Crippen molar-refractivity contribution in [2.45, 2.75) is 40.0 Å². The highest BCUT2D eigenvalue weighted by Gasteiger charge is 2.18. The minimum Gasteiger partial charge on any atom is -0.357 e. The van der Waals surface area contributed by atoms with E-state index in [0.717, 1.165) is 60.2 Å². The molecule has 0 aliphatic carbocycles. The van der Waals surface area contributed by atoms with Gasteiger partial charge in [0.25, 0.3) is 5.91 Å². The summed E-state index contributed by atoms with van der Waals surface area (Å²) in [7, 11) is 0. The number of hydrogen-bond acceptors (Lipinski definition) is 3. The third-order valence-corrected chi connectivity index (χ3v) is 4.42. The first-order valence-corrected chi connectivity index (χ1v) is 8.92. The van der Waals surface area contributed by atoms with Crippen LogP contribution < -0.4 is 0 Å². The van der Waals surface area contributed by atoms with Crippen molar-refractivity contribution in [3.8, 4) is 11.3 Å². The number of nitrogens with zero attached hydrogens (tertiary/aromatic N) is 3. The monoisotopic (exact) mass is 341 g/mol. The van der Waals surface area contributed by atoms with Gasteiger partial charge in [-0.3, -0.25) is 4.79 Å². The van der Waals surface area contributed by atoms with Gasteiger partial charge in [0.2, 0.25) is 0 Å². The summed E-state index contributed by atoms with van der Waals surface area (Å²) in [5.41, 5.74) is 4.27. The number of aryl methyl sites for hydroxylation is 1. The van der Waals surface area contributed by atoms with Crippen LogP contribution in [0.1, 0.15) is 50.6 Å². The van der Waals surface area contributed by atoms with Gasteiger partial charge in [0.15, 0.2) is 0 Å². The first kappa shape index (κ1) is 17.2. The van der Waals surface area contributed by atoms with Crippen molar-refractivity contribution >= 4 is 16.9 Å². The minimum absolute atomic E-state index is 0. The van der Waals surface area contributed by atoms with Gasteiger partial charge in [0.1, 0.15) is 17.7 Å². The van der Waals surface area contributed by atoms with E-state index in [4.69, 9.17) is 0 Å². The lowest BCUT2D eigenvalue weighted by Crippen LogP contribution is -2.32. The van der Waals surface area contributed by atoms with E-state index in [1.54, 1.807) is 6.33 Å². The van der Waals surface area contributed by atoms with Crippen molar-refractivity contribution in [3.05, 3.63) is 36.0 Å². The Balaban J connectivity index is 0.00000243. The molecule has 0 atom stereocenters. The number of nitrogens with one attached hydrogen (secondary N) is 2. The number of H-pyrrole nitrogens is 2. The standard InChI is InChI=1S/C19H25N5O.H2/c1-4-6-8-24(7-5-2)19(25)15-9-14(11-20-15)17-16-13(3)10-21-18(16)23-12-22-17;/h9-12,20H,4-8H2,1-3H3,(H,21,22,23);1H. The fraction of sp³-hybridized carbons (Fsp3) is 0.421. The Kier molecular flexibility index (Phi) is 5.16. The van der Waals surface area contributed by atoms with Gasteiger partial charge in [-0.1, -0.05) is 20.3 Å². The van der Waals surface area contributed by atoms with Gasteiger partial charge in [-0.05, 0) is 31.4 Å². The molecule has 134 valence electrons. The fourth-order valence-electron chi connectivity index (χ4n) is 3.09. The van der Waals surface area contributed by atoms with Crippen LogP contribution in [-0.4, -0.2) is 43.8 Å². The van der Waals surface area contributed by atoms with E-state index in [0.29, 0.717) is 5.69 Å². The largest absolute Gasteiger partial charge is 0.357 e. The molecule has 6 nitrogen and oxygen atoms in total. The van der Waals surface area contributed by atoms with Crippen LogP contribution in [0.3, 0.4) is 0 Å². The van der Waals surface area contributed by atoms with Crippen LogP contribution in [0.15, 0.2) is 24.8 Å². The van der Waals surface area contributed by atoms with Crippen molar-refractivity contribution < 1.29 is 6.22 Å². The van der Waals surface area contributed by atoms with Crippen LogP contribution in [0.5, 0.6) is 0 Å². The smallest absolute Gasteiger partial charge is 0.270 e. The van der Waals surface area contributed by atoms with Gasteiger partial charge < -0.3 is 14.9 Å². The Labute approximate surface area is 149 Å². The van der Waals surface area contributed by atoms with Gasteiger partial charge in [-0.2, -0.15) is 0 Å². The number of aromatic amines is 2. The van der Waals surface area contributed by atoms with E-state index < -0.39 is 0 Å². The molecule has 3 rings (SSSR count). The average molecular weight is 341 g/mol. The third kappa shape index (κ3) is 3.43. The summed E-state index contributed by atoms with van der Waals surface area (Å²) in [6.07, 6.45) is 8.38. The zero-order chi connectivity index (χ0) is 17.8. The third-order valence-electron chi connectivity index (χ3n) is 4.42. The Morgan fingerprint density at radius 3 is 2.76 bits per heavy atom. The van der Waals surface area contributed by atoms with E-state index in [-0.39, 0.29) is 7.33 Å². The highest BCUT2D eigenvalue weighted by atomic mass is 16.2. The number of carbonyl (C=O) groups is 1. The molecule has 0 radical (unpaired) electrons. The molecule has 0 aliphatic rings. The summed E-state index contributed by atoms with van der Waals surface area (Å²) < 4.78 is 0. The molecule has 0 spiro atoms. The summed E-state index contributed by atoms with van der Waals surface area (Å²) in [5.74, 6) is 0.0534. The second-order valence-corrected chi connectivity index (χ2v) is 6.37. The first-order chi connectivity index (χ1) is 12.2. The van der Waals surface area contributed by atoms with Gasteiger partial charge in [-0.15, -0.1) is 0 Å². The Bertz CT molecular complexity index is 870. The van der Waals surface area contributed by atoms with Crippen molar-refractivity contribution in [1.82, 2.24) is 24.8 Å². The number of fused-ring (bicyclic) bond motifs is 1. The molecule has 2 N–H and O–H groups in total. The van der Waals surface area contributed by atoms with Gasteiger partial charge >= 0.3 is 0 Å². The molecule has 0 unspecified atom stereocenters. The fourth-order valence-corrected chi connectivity index (χ4v) is 3.09. The van der Waals surface area contributed by atoms with Crippen LogP contribution in [0.25, 0.3) is 22.3 Å². The number of carbonyl (C=O) groups excluding carboxylic acids is 1. The number of aromatic nitrogens is 4. The van der Waals surface area contributed by atoms with E-state index in [1.165, 1.54) is 0 Å². The first-order valence-electron chi connectivity index (χ1n) is 8.92. The molecule has 3 aromatic heterocycles. The molecule has 0 bridgehead atoms. The van der Waals surface area contributed by atoms with Crippen molar-refractivity contribution in [2.75, 3.05) is 13.1 Å². The number of hydrogen-bond donors (Lipinski definition) is 2. The van der Waals surface area contributed by atoms with Crippen LogP contribution in [0, 0.1) is 6.92 Å². The second-order valence-electron chi connectivity index (χ2n) is 6.37. The zero-order valence-corrected chi connectivity index (χ0v) is 15.1. The highest BCUT2D eigenvalue weighted by Crippen LogP contribution is 2.28. The Hall–Kier alpha value is -2.63. The van der Waals surface area contributed by atoms with Crippen LogP contribution in [0.4, 0.5) is 0 Å². The van der Waals surface area contributed by atoms with E-state index >= 15 is 0 Å². The lowest BCUT2D eigenvalue weighted by molar-refractivity contribution is 0.0748. The SMILES string of the molecule is CCCCN(CCC)C(=O)c1cc(-c2ncnc3[nH]cc(C)c23)c[nH]1.[HH]. The van der Waals surface area contributed by atoms with Crippen molar-refractivity contribution in [1.29, 1.82) is 0 Å². The second kappa shape index (κ2) is 7.51. The van der Waals surface area contributed by atoms with Gasteiger partial charge in [-0.25, -0.2) is 9.97 Å². The van der Waals surface area contributed by atoms with Crippen LogP contribution >= 0.6 is 0 Å². The zero-order valence-electron chi connectivity index (χ0n) is 15.1. The number of rotatable bonds is 7. The summed E-state index contributed by atoms with van der Waals surface area (Å²) in [5, 5.41) is 0.997. The lowest BCUT2D eigenvalue weighted by Gasteiger charge is -2.21. The van der Waals surface area contributed by atoms with Gasteiger partial charge in [0.05, 0.1) is 5.69 Å².